The Kier molecular flexibility index (Phi) is 20.2. The van der Waals surface area contributed by atoms with Crippen LogP contribution in [0.5, 0.6) is 5.75 Å². The van der Waals surface area contributed by atoms with Crippen LogP contribution in [0.3, 0.4) is 0 Å². The van der Waals surface area contributed by atoms with Crippen molar-refractivity contribution in [1.82, 2.24) is 14.9 Å². The highest BCUT2D eigenvalue weighted by Gasteiger charge is 2.02. The fourth-order valence-electron chi connectivity index (χ4n) is 2.97. The van der Waals surface area contributed by atoms with Crippen molar-refractivity contribution in [2.24, 2.45) is 11.5 Å². The lowest BCUT2D eigenvalue weighted by Gasteiger charge is -2.16. The number of hydrogen-bond donors (Lipinski definition) is 5. The van der Waals surface area contributed by atoms with Crippen LogP contribution in [0.4, 0.5) is 4.39 Å². The molecule has 0 aromatic heterocycles. The number of ether oxygens (including phenoxy) is 1. The second kappa shape index (κ2) is 22.0. The van der Waals surface area contributed by atoms with Crippen LogP contribution in [0.2, 0.25) is 0 Å². The van der Waals surface area contributed by atoms with Crippen molar-refractivity contribution in [3.63, 3.8) is 0 Å². The summed E-state index contributed by atoms with van der Waals surface area (Å²) in [5.41, 5.74) is 13.4. The van der Waals surface area contributed by atoms with Gasteiger partial charge in [-0.2, -0.15) is 0 Å². The molecule has 2 aromatic carbocycles. The molecule has 2 aromatic rings. The fourth-order valence-corrected chi connectivity index (χ4v) is 3.89. The number of halogens is 1. The summed E-state index contributed by atoms with van der Waals surface area (Å²) in [7, 11) is 3.10. The average Bonchev–Trinajstić information content (AvgIpc) is 2.87. The molecule has 212 valence electrons. The van der Waals surface area contributed by atoms with E-state index in [4.69, 9.17) is 21.3 Å². The third-order valence-corrected chi connectivity index (χ3v) is 5.66. The molecule has 0 fully saturated rings. The first-order chi connectivity index (χ1) is 18.2. The Morgan fingerprint density at radius 2 is 1.84 bits per heavy atom. The van der Waals surface area contributed by atoms with Gasteiger partial charge in [-0.1, -0.05) is 12.1 Å². The van der Waals surface area contributed by atoms with E-state index < -0.39 is 0 Å². The molecule has 0 saturated heterocycles. The SMILES string of the molecule is CC(=O)NCCCNCCN(C)Sc1cccc(C)c1.CO.Cc1cc(F)cc(OCC(/C=C\N)=C/N)c1. The maximum Gasteiger partial charge on any atom is 0.216 e. The Bertz CT molecular complexity index is 968. The van der Waals surface area contributed by atoms with Crippen molar-refractivity contribution in [2.45, 2.75) is 32.1 Å². The van der Waals surface area contributed by atoms with Crippen LogP contribution in [-0.2, 0) is 4.79 Å². The van der Waals surface area contributed by atoms with E-state index in [1.54, 1.807) is 37.9 Å². The topological polar surface area (TPSA) is 126 Å². The van der Waals surface area contributed by atoms with Crippen LogP contribution in [0, 0.1) is 19.7 Å². The first-order valence-electron chi connectivity index (χ1n) is 12.3. The van der Waals surface area contributed by atoms with Crippen LogP contribution in [0.25, 0.3) is 0 Å². The van der Waals surface area contributed by atoms with Crippen LogP contribution in [-0.4, -0.2) is 62.3 Å². The molecular formula is C28H44FN5O3S. The van der Waals surface area contributed by atoms with Crippen molar-refractivity contribution in [3.8, 4) is 5.75 Å². The summed E-state index contributed by atoms with van der Waals surface area (Å²) in [5.74, 6) is 0.198. The number of carbonyl (C=O) groups is 1. The van der Waals surface area contributed by atoms with Gasteiger partial charge in [-0.3, -0.25) is 4.79 Å². The number of nitrogens with zero attached hydrogens (tertiary/aromatic N) is 1. The van der Waals surface area contributed by atoms with Gasteiger partial charge >= 0.3 is 0 Å². The monoisotopic (exact) mass is 549 g/mol. The largest absolute Gasteiger partial charge is 0.489 e. The second-order valence-corrected chi connectivity index (χ2v) is 9.48. The molecule has 1 amide bonds. The van der Waals surface area contributed by atoms with Crippen LogP contribution >= 0.6 is 11.9 Å². The third kappa shape index (κ3) is 18.2. The van der Waals surface area contributed by atoms with Gasteiger partial charge in [0.1, 0.15) is 18.2 Å². The number of hydrogen-bond acceptors (Lipinski definition) is 8. The van der Waals surface area contributed by atoms with E-state index in [-0.39, 0.29) is 18.3 Å². The van der Waals surface area contributed by atoms with Crippen molar-refractivity contribution in [2.75, 3.05) is 46.9 Å². The summed E-state index contributed by atoms with van der Waals surface area (Å²) in [4.78, 5) is 12.0. The van der Waals surface area contributed by atoms with Gasteiger partial charge in [0.2, 0.25) is 5.91 Å². The molecule has 0 radical (unpaired) electrons. The normalized spacial score (nSPS) is 10.9. The number of nitrogens with two attached hydrogens (primary N) is 2. The lowest BCUT2D eigenvalue weighted by atomic mass is 10.2. The van der Waals surface area contributed by atoms with E-state index in [1.165, 1.54) is 35.0 Å². The highest BCUT2D eigenvalue weighted by atomic mass is 32.2. The number of aryl methyl sites for hydroxylation is 2. The molecule has 8 nitrogen and oxygen atoms in total. The minimum absolute atomic E-state index is 0.0410. The van der Waals surface area contributed by atoms with E-state index >= 15 is 0 Å². The predicted molar refractivity (Wildman–Crippen MR) is 156 cm³/mol. The third-order valence-electron chi connectivity index (χ3n) is 4.70. The molecule has 7 N–H and O–H groups in total. The predicted octanol–water partition coefficient (Wildman–Crippen LogP) is 3.49. The molecule has 0 bridgehead atoms. The maximum atomic E-state index is 13.0. The lowest BCUT2D eigenvalue weighted by Crippen LogP contribution is -2.29. The van der Waals surface area contributed by atoms with Gasteiger partial charge in [0.25, 0.3) is 0 Å². The van der Waals surface area contributed by atoms with Crippen molar-refractivity contribution in [3.05, 3.63) is 83.5 Å². The molecular weight excluding hydrogens is 505 g/mol. The zero-order chi connectivity index (χ0) is 28.8. The Morgan fingerprint density at radius 3 is 2.45 bits per heavy atom. The summed E-state index contributed by atoms with van der Waals surface area (Å²) in [6, 6.07) is 13.0. The minimum atomic E-state index is -0.317. The van der Waals surface area contributed by atoms with Gasteiger partial charge in [-0.25, -0.2) is 8.70 Å². The molecule has 2 rings (SSSR count). The van der Waals surface area contributed by atoms with Gasteiger partial charge < -0.3 is 31.9 Å². The van der Waals surface area contributed by atoms with Crippen molar-refractivity contribution in [1.29, 1.82) is 0 Å². The Labute approximate surface area is 231 Å². The molecule has 10 heteroatoms. The van der Waals surface area contributed by atoms with Gasteiger partial charge in [0.15, 0.2) is 0 Å². The number of amides is 1. The van der Waals surface area contributed by atoms with Gasteiger partial charge in [0, 0.05) is 56.4 Å². The molecule has 0 aliphatic heterocycles. The number of aliphatic hydroxyl groups excluding tert-OH is 1. The standard InChI is InChI=1S/C15H25N3OS.C12H15FN2O.CH4O/c1-13-6-4-7-15(12-13)20-18(3)11-10-16-8-5-9-17-14(2)19;1-9-4-11(13)6-12(5-9)16-8-10(7-15)2-3-14;1-2/h4,6-7,12,16H,5,8-11H2,1-3H3,(H,17,19);2-7H,8,14-15H2,1H3;2H,1H3/b;3-2-,10-7+;. The molecule has 0 aliphatic rings. The fraction of sp³-hybridized carbons (Fsp3) is 0.393. The summed E-state index contributed by atoms with van der Waals surface area (Å²) < 4.78 is 20.6. The van der Waals surface area contributed by atoms with Gasteiger partial charge in [0.05, 0.1) is 0 Å². The maximum absolute atomic E-state index is 13.0. The Hall–Kier alpha value is -3.05. The molecule has 0 aliphatic carbocycles. The number of rotatable bonds is 13. The molecule has 0 unspecified atom stereocenters. The minimum Gasteiger partial charge on any atom is -0.489 e. The van der Waals surface area contributed by atoms with E-state index in [1.807, 2.05) is 0 Å². The summed E-state index contributed by atoms with van der Waals surface area (Å²) >= 11 is 1.77. The molecule has 0 saturated carbocycles. The van der Waals surface area contributed by atoms with Crippen LogP contribution in [0.15, 0.2) is 71.4 Å². The molecule has 0 heterocycles. The summed E-state index contributed by atoms with van der Waals surface area (Å²) in [6.45, 7) is 9.34. The Morgan fingerprint density at radius 1 is 1.11 bits per heavy atom. The highest BCUT2D eigenvalue weighted by molar-refractivity contribution is 7.97. The number of carbonyl (C=O) groups excluding carboxylic acids is 1. The number of nitrogens with one attached hydrogen (secondary N) is 2. The second-order valence-electron chi connectivity index (χ2n) is 8.20. The lowest BCUT2D eigenvalue weighted by molar-refractivity contribution is -0.118. The first-order valence-corrected chi connectivity index (χ1v) is 13.1. The van der Waals surface area contributed by atoms with Crippen molar-refractivity contribution >= 4 is 17.9 Å². The highest BCUT2D eigenvalue weighted by Crippen LogP contribution is 2.21. The number of aliphatic hydroxyl groups is 1. The van der Waals surface area contributed by atoms with E-state index in [0.717, 1.165) is 50.8 Å². The van der Waals surface area contributed by atoms with E-state index in [0.29, 0.717) is 5.75 Å². The van der Waals surface area contributed by atoms with Crippen LogP contribution < -0.4 is 26.8 Å². The molecule has 0 spiro atoms. The number of benzene rings is 2. The average molecular weight is 550 g/mol. The summed E-state index contributed by atoms with van der Waals surface area (Å²) in [5, 5.41) is 13.2. The Balaban J connectivity index is 0.000000690. The zero-order valence-corrected chi connectivity index (χ0v) is 24.0. The molecule has 38 heavy (non-hydrogen) atoms. The smallest absolute Gasteiger partial charge is 0.216 e. The summed E-state index contributed by atoms with van der Waals surface area (Å²) in [6.07, 6.45) is 5.37. The number of likely N-dealkylation sites (N-methyl/N-ethyl adjacent to an activating group) is 1. The first kappa shape index (κ1) is 35.0. The van der Waals surface area contributed by atoms with E-state index in [2.05, 4.69) is 53.2 Å². The molecule has 0 atom stereocenters. The van der Waals surface area contributed by atoms with Gasteiger partial charge in [-0.15, -0.1) is 0 Å². The van der Waals surface area contributed by atoms with E-state index in [9.17, 15) is 9.18 Å². The quantitative estimate of drug-likeness (QED) is 0.146. The van der Waals surface area contributed by atoms with Crippen LogP contribution in [0.1, 0.15) is 24.5 Å². The zero-order valence-electron chi connectivity index (χ0n) is 23.2. The van der Waals surface area contributed by atoms with Crippen molar-refractivity contribution < 1.29 is 19.0 Å². The van der Waals surface area contributed by atoms with Gasteiger partial charge in [-0.05, 0) is 93.5 Å².